The molecule has 0 saturated heterocycles. The number of phenols is 1. The van der Waals surface area contributed by atoms with E-state index in [0.717, 1.165) is 12.1 Å². The van der Waals surface area contributed by atoms with Crippen LogP contribution >= 0.6 is 0 Å². The van der Waals surface area contributed by atoms with Crippen LogP contribution in [0.15, 0.2) is 12.1 Å². The maximum Gasteiger partial charge on any atom is 0.223 e. The molecule has 99 valence electrons. The van der Waals surface area contributed by atoms with Crippen LogP contribution in [-0.4, -0.2) is 22.5 Å². The molecular formula is C13H12F2NO2Y-. The van der Waals surface area contributed by atoms with Gasteiger partial charge in [0.15, 0.2) is 0 Å². The van der Waals surface area contributed by atoms with Crippen molar-refractivity contribution in [3.63, 3.8) is 0 Å². The molecule has 1 amide bonds. The molecule has 1 aliphatic heterocycles. The van der Waals surface area contributed by atoms with Gasteiger partial charge in [-0.05, 0) is 19.1 Å². The third kappa shape index (κ3) is 3.20. The van der Waals surface area contributed by atoms with Crippen molar-refractivity contribution in [3.05, 3.63) is 35.4 Å². The van der Waals surface area contributed by atoms with Gasteiger partial charge in [-0.1, -0.05) is 5.56 Å². The van der Waals surface area contributed by atoms with Gasteiger partial charge in [-0.25, -0.2) is 14.9 Å². The Labute approximate surface area is 135 Å². The van der Waals surface area contributed by atoms with Crippen LogP contribution in [0.3, 0.4) is 0 Å². The fourth-order valence-corrected chi connectivity index (χ4v) is 1.99. The molecule has 19 heavy (non-hydrogen) atoms. The third-order valence-electron chi connectivity index (χ3n) is 2.78. The molecule has 1 N–H and O–H groups in total. The van der Waals surface area contributed by atoms with Crippen molar-refractivity contribution in [2.75, 3.05) is 6.54 Å². The zero-order valence-electron chi connectivity index (χ0n) is 10.4. The van der Waals surface area contributed by atoms with Crippen LogP contribution in [0.2, 0.25) is 0 Å². The number of aromatic hydroxyl groups is 1. The second-order valence-corrected chi connectivity index (χ2v) is 3.95. The summed E-state index contributed by atoms with van der Waals surface area (Å²) in [7, 11) is 0. The normalized spacial score (nSPS) is 15.0. The fraction of sp³-hybridized carbons (Fsp3) is 0.308. The van der Waals surface area contributed by atoms with Gasteiger partial charge in [0.25, 0.3) is 0 Å². The first-order valence-electron chi connectivity index (χ1n) is 5.64. The standard InChI is InChI=1S/C13H12F2NO2.Y/c1-2-16-11(4-3-5-12(16)18)13-9(14)6-8(17)7-10(13)15;/h6-7,17H,2-3,5H2,1H3;/q-1;. The van der Waals surface area contributed by atoms with Gasteiger partial charge in [-0.15, -0.1) is 12.1 Å². The molecule has 1 aliphatic rings. The van der Waals surface area contributed by atoms with E-state index in [2.05, 4.69) is 6.08 Å². The number of carbonyl (C=O) groups excluding carboxylic acids is 1. The molecule has 0 unspecified atom stereocenters. The molecule has 0 fully saturated rings. The average molecular weight is 341 g/mol. The van der Waals surface area contributed by atoms with Gasteiger partial charge in [0.05, 0.1) is 11.6 Å². The van der Waals surface area contributed by atoms with Crippen LogP contribution in [0, 0.1) is 17.7 Å². The van der Waals surface area contributed by atoms with E-state index in [-0.39, 0.29) is 49.9 Å². The van der Waals surface area contributed by atoms with E-state index in [1.807, 2.05) is 0 Å². The molecule has 0 saturated carbocycles. The molecule has 2 rings (SSSR count). The van der Waals surface area contributed by atoms with E-state index in [0.29, 0.717) is 19.4 Å². The van der Waals surface area contributed by atoms with Crippen molar-refractivity contribution >= 4 is 11.6 Å². The largest absolute Gasteiger partial charge is 0.508 e. The summed E-state index contributed by atoms with van der Waals surface area (Å²) in [5.41, 5.74) is -0.202. The Balaban J connectivity index is 0.00000180. The number of amides is 1. The van der Waals surface area contributed by atoms with Crippen molar-refractivity contribution in [2.24, 2.45) is 0 Å². The van der Waals surface area contributed by atoms with Gasteiger partial charge in [0.1, 0.15) is 5.75 Å². The Morgan fingerprint density at radius 2 is 1.95 bits per heavy atom. The third-order valence-corrected chi connectivity index (χ3v) is 2.78. The summed E-state index contributed by atoms with van der Waals surface area (Å²) in [4.78, 5) is 13.0. The number of allylic oxidation sites excluding steroid dienone is 1. The van der Waals surface area contributed by atoms with Gasteiger partial charge in [-0.2, -0.15) is 0 Å². The van der Waals surface area contributed by atoms with Crippen molar-refractivity contribution in [2.45, 2.75) is 19.8 Å². The molecule has 1 aromatic rings. The summed E-state index contributed by atoms with van der Waals surface area (Å²) in [6.07, 6.45) is 3.46. The van der Waals surface area contributed by atoms with Crippen molar-refractivity contribution in [1.29, 1.82) is 0 Å². The quantitative estimate of drug-likeness (QED) is 0.840. The molecule has 0 atom stereocenters. The number of halogens is 2. The predicted molar refractivity (Wildman–Crippen MR) is 61.3 cm³/mol. The first kappa shape index (κ1) is 16.2. The molecular weight excluding hydrogens is 329 g/mol. The monoisotopic (exact) mass is 341 g/mol. The van der Waals surface area contributed by atoms with Crippen LogP contribution in [0.1, 0.15) is 25.3 Å². The van der Waals surface area contributed by atoms with Crippen LogP contribution in [0.5, 0.6) is 5.75 Å². The van der Waals surface area contributed by atoms with Gasteiger partial charge in [0, 0.05) is 45.7 Å². The predicted octanol–water partition coefficient (Wildman–Crippen LogP) is 2.45. The van der Waals surface area contributed by atoms with E-state index in [9.17, 15) is 13.6 Å². The molecule has 1 aromatic carbocycles. The zero-order chi connectivity index (χ0) is 13.3. The Morgan fingerprint density at radius 1 is 1.37 bits per heavy atom. The minimum atomic E-state index is -0.900. The molecule has 0 bridgehead atoms. The Kier molecular flexibility index (Phi) is 5.62. The van der Waals surface area contributed by atoms with Crippen LogP contribution in [-0.2, 0) is 37.5 Å². The van der Waals surface area contributed by atoms with Crippen LogP contribution in [0.25, 0.3) is 5.70 Å². The van der Waals surface area contributed by atoms with Gasteiger partial charge in [0.2, 0.25) is 5.91 Å². The smallest absolute Gasteiger partial charge is 0.223 e. The SMILES string of the molecule is CCN1C(=O)CC[C-]=C1c1c(F)cc(O)cc1F.[Y]. The molecule has 3 nitrogen and oxygen atoms in total. The van der Waals surface area contributed by atoms with Crippen LogP contribution < -0.4 is 0 Å². The number of carbonyl (C=O) groups is 1. The minimum absolute atomic E-state index is 0. The molecule has 1 radical (unpaired) electrons. The summed E-state index contributed by atoms with van der Waals surface area (Å²) < 4.78 is 27.5. The topological polar surface area (TPSA) is 40.5 Å². The Bertz CT molecular complexity index is 508. The van der Waals surface area contributed by atoms with E-state index < -0.39 is 17.4 Å². The minimum Gasteiger partial charge on any atom is -0.508 e. The summed E-state index contributed by atoms with van der Waals surface area (Å²) in [6, 6.07) is 1.64. The van der Waals surface area contributed by atoms with Gasteiger partial charge < -0.3 is 10.0 Å². The van der Waals surface area contributed by atoms with Crippen molar-refractivity contribution < 1.29 is 51.4 Å². The summed E-state index contributed by atoms with van der Waals surface area (Å²) in [5, 5.41) is 9.10. The van der Waals surface area contributed by atoms with E-state index in [4.69, 9.17) is 5.11 Å². The second kappa shape index (κ2) is 6.57. The van der Waals surface area contributed by atoms with E-state index in [1.165, 1.54) is 4.90 Å². The number of nitrogens with zero attached hydrogens (tertiary/aromatic N) is 1. The van der Waals surface area contributed by atoms with Gasteiger partial charge >= 0.3 is 0 Å². The fourth-order valence-electron chi connectivity index (χ4n) is 1.99. The Hall–Kier alpha value is -0.806. The number of rotatable bonds is 2. The number of hydrogen-bond donors (Lipinski definition) is 1. The summed E-state index contributed by atoms with van der Waals surface area (Å²) >= 11 is 0. The number of hydrogen-bond acceptors (Lipinski definition) is 2. The molecule has 6 heteroatoms. The van der Waals surface area contributed by atoms with Crippen molar-refractivity contribution in [1.82, 2.24) is 4.90 Å². The molecule has 0 aliphatic carbocycles. The maximum atomic E-state index is 13.7. The number of benzene rings is 1. The summed E-state index contributed by atoms with van der Waals surface area (Å²) in [6.45, 7) is 2.04. The zero-order valence-corrected chi connectivity index (χ0v) is 13.3. The van der Waals surface area contributed by atoms with Crippen LogP contribution in [0.4, 0.5) is 8.78 Å². The van der Waals surface area contributed by atoms with E-state index in [1.54, 1.807) is 6.92 Å². The maximum absolute atomic E-state index is 13.7. The first-order chi connectivity index (χ1) is 8.54. The second-order valence-electron chi connectivity index (χ2n) is 3.95. The number of phenolic OH excluding ortho intramolecular Hbond substituents is 1. The average Bonchev–Trinajstić information content (AvgIpc) is 2.27. The molecule has 0 spiro atoms. The molecule has 0 aromatic heterocycles. The Morgan fingerprint density at radius 3 is 2.47 bits per heavy atom. The van der Waals surface area contributed by atoms with E-state index >= 15 is 0 Å². The molecule has 1 heterocycles. The van der Waals surface area contributed by atoms with Crippen molar-refractivity contribution in [3.8, 4) is 5.75 Å². The first-order valence-corrected chi connectivity index (χ1v) is 5.64. The van der Waals surface area contributed by atoms with Gasteiger partial charge in [-0.3, -0.25) is 4.79 Å². The summed E-state index contributed by atoms with van der Waals surface area (Å²) in [5.74, 6) is -2.47.